The molecule has 0 saturated carbocycles. The van der Waals surface area contributed by atoms with Gasteiger partial charge in [0.15, 0.2) is 6.61 Å². The SMILES string of the molecule is CC(C)c1ccc(OCC(=O)NCCCC(=O)Nc2cn[nH]c2)cc1. The Morgan fingerprint density at radius 3 is 2.60 bits per heavy atom. The third-order valence-electron chi connectivity index (χ3n) is 3.60. The molecule has 0 unspecified atom stereocenters. The number of H-pyrrole nitrogens is 1. The maximum absolute atomic E-state index is 11.7. The fraction of sp³-hybridized carbons (Fsp3) is 0.389. The quantitative estimate of drug-likeness (QED) is 0.609. The number of hydrogen-bond donors (Lipinski definition) is 3. The van der Waals surface area contributed by atoms with Crippen molar-refractivity contribution in [3.63, 3.8) is 0 Å². The highest BCUT2D eigenvalue weighted by Gasteiger charge is 2.06. The number of nitrogens with one attached hydrogen (secondary N) is 3. The molecule has 7 heteroatoms. The van der Waals surface area contributed by atoms with Crippen LogP contribution in [0.4, 0.5) is 5.69 Å². The van der Waals surface area contributed by atoms with Crippen molar-refractivity contribution in [2.75, 3.05) is 18.5 Å². The van der Waals surface area contributed by atoms with Gasteiger partial charge in [-0.15, -0.1) is 0 Å². The number of carbonyl (C=O) groups excluding carboxylic acids is 2. The lowest BCUT2D eigenvalue weighted by Gasteiger charge is -2.09. The van der Waals surface area contributed by atoms with E-state index in [2.05, 4.69) is 34.7 Å². The number of benzene rings is 1. The summed E-state index contributed by atoms with van der Waals surface area (Å²) in [4.78, 5) is 23.4. The number of nitrogens with zero attached hydrogens (tertiary/aromatic N) is 1. The highest BCUT2D eigenvalue weighted by molar-refractivity contribution is 5.90. The summed E-state index contributed by atoms with van der Waals surface area (Å²) in [6.45, 7) is 4.63. The Balaban J connectivity index is 1.58. The predicted octanol–water partition coefficient (Wildman–Crippen LogP) is 2.45. The molecular weight excluding hydrogens is 320 g/mol. The van der Waals surface area contributed by atoms with Crippen molar-refractivity contribution >= 4 is 17.5 Å². The number of anilines is 1. The van der Waals surface area contributed by atoms with Crippen molar-refractivity contribution in [1.82, 2.24) is 15.5 Å². The van der Waals surface area contributed by atoms with E-state index in [0.29, 0.717) is 36.7 Å². The van der Waals surface area contributed by atoms with Crippen molar-refractivity contribution in [3.05, 3.63) is 42.2 Å². The summed E-state index contributed by atoms with van der Waals surface area (Å²) >= 11 is 0. The number of ether oxygens (including phenoxy) is 1. The zero-order valence-corrected chi connectivity index (χ0v) is 14.5. The molecule has 0 atom stereocenters. The number of carbonyl (C=O) groups is 2. The third-order valence-corrected chi connectivity index (χ3v) is 3.60. The molecule has 3 N–H and O–H groups in total. The van der Waals surface area contributed by atoms with Crippen molar-refractivity contribution in [2.24, 2.45) is 0 Å². The Bertz CT molecular complexity index is 666. The van der Waals surface area contributed by atoms with Gasteiger partial charge in [-0.25, -0.2) is 0 Å². The van der Waals surface area contributed by atoms with Gasteiger partial charge in [-0.1, -0.05) is 26.0 Å². The molecule has 0 radical (unpaired) electrons. The minimum atomic E-state index is -0.205. The molecular formula is C18H24N4O3. The maximum Gasteiger partial charge on any atom is 0.257 e. The molecule has 134 valence electrons. The van der Waals surface area contributed by atoms with Crippen molar-refractivity contribution in [3.8, 4) is 5.75 Å². The zero-order valence-electron chi connectivity index (χ0n) is 14.5. The number of amides is 2. The highest BCUT2D eigenvalue weighted by Crippen LogP contribution is 2.18. The summed E-state index contributed by atoms with van der Waals surface area (Å²) in [6.07, 6.45) is 4.01. The number of aromatic amines is 1. The summed E-state index contributed by atoms with van der Waals surface area (Å²) in [5.74, 6) is 0.808. The minimum Gasteiger partial charge on any atom is -0.484 e. The van der Waals surface area contributed by atoms with Gasteiger partial charge in [0.25, 0.3) is 5.91 Å². The van der Waals surface area contributed by atoms with Gasteiger partial charge in [0.2, 0.25) is 5.91 Å². The summed E-state index contributed by atoms with van der Waals surface area (Å²) in [5, 5.41) is 11.8. The summed E-state index contributed by atoms with van der Waals surface area (Å²) in [5.41, 5.74) is 1.86. The smallest absolute Gasteiger partial charge is 0.257 e. The molecule has 0 aliphatic rings. The lowest BCUT2D eigenvalue weighted by atomic mass is 10.0. The van der Waals surface area contributed by atoms with E-state index in [-0.39, 0.29) is 18.4 Å². The molecule has 0 aliphatic carbocycles. The molecule has 2 rings (SSSR count). The van der Waals surface area contributed by atoms with Crippen LogP contribution < -0.4 is 15.4 Å². The molecule has 1 heterocycles. The van der Waals surface area contributed by atoms with Crippen LogP contribution in [-0.4, -0.2) is 35.2 Å². The largest absolute Gasteiger partial charge is 0.484 e. The van der Waals surface area contributed by atoms with E-state index in [0.717, 1.165) is 0 Å². The molecule has 0 saturated heterocycles. The fourth-order valence-corrected chi connectivity index (χ4v) is 2.17. The molecule has 1 aromatic heterocycles. The molecule has 0 bridgehead atoms. The molecule has 2 aromatic rings. The Hall–Kier alpha value is -2.83. The van der Waals surface area contributed by atoms with E-state index < -0.39 is 0 Å². The third kappa shape index (κ3) is 6.66. The first-order valence-electron chi connectivity index (χ1n) is 8.32. The number of hydrogen-bond acceptors (Lipinski definition) is 4. The van der Waals surface area contributed by atoms with Gasteiger partial charge >= 0.3 is 0 Å². The van der Waals surface area contributed by atoms with Crippen LogP contribution in [0.2, 0.25) is 0 Å². The number of aromatic nitrogens is 2. The van der Waals surface area contributed by atoms with Crippen LogP contribution >= 0.6 is 0 Å². The van der Waals surface area contributed by atoms with E-state index in [4.69, 9.17) is 4.74 Å². The van der Waals surface area contributed by atoms with Gasteiger partial charge in [-0.3, -0.25) is 14.7 Å². The molecule has 7 nitrogen and oxygen atoms in total. The van der Waals surface area contributed by atoms with Gasteiger partial charge in [-0.05, 0) is 30.0 Å². The van der Waals surface area contributed by atoms with Crippen LogP contribution in [0.3, 0.4) is 0 Å². The van der Waals surface area contributed by atoms with Gasteiger partial charge < -0.3 is 15.4 Å². The first-order chi connectivity index (χ1) is 12.0. The van der Waals surface area contributed by atoms with E-state index in [1.807, 2.05) is 24.3 Å². The molecule has 0 aliphatic heterocycles. The minimum absolute atomic E-state index is 0.0394. The van der Waals surface area contributed by atoms with Crippen LogP contribution in [0.5, 0.6) is 5.75 Å². The monoisotopic (exact) mass is 344 g/mol. The zero-order chi connectivity index (χ0) is 18.1. The van der Waals surface area contributed by atoms with Crippen LogP contribution in [0.15, 0.2) is 36.7 Å². The average molecular weight is 344 g/mol. The summed E-state index contributed by atoms with van der Waals surface area (Å²) in [7, 11) is 0. The normalized spacial score (nSPS) is 10.5. The first-order valence-corrected chi connectivity index (χ1v) is 8.32. The first kappa shape index (κ1) is 18.5. The average Bonchev–Trinajstić information content (AvgIpc) is 3.10. The lowest BCUT2D eigenvalue weighted by molar-refractivity contribution is -0.123. The van der Waals surface area contributed by atoms with Gasteiger partial charge in [-0.2, -0.15) is 5.10 Å². The molecule has 0 spiro atoms. The summed E-state index contributed by atoms with van der Waals surface area (Å²) in [6, 6.07) is 7.72. The predicted molar refractivity (Wildman–Crippen MR) is 95.5 cm³/mol. The van der Waals surface area contributed by atoms with Crippen LogP contribution in [-0.2, 0) is 9.59 Å². The Morgan fingerprint density at radius 2 is 1.96 bits per heavy atom. The van der Waals surface area contributed by atoms with Gasteiger partial charge in [0, 0.05) is 19.2 Å². The highest BCUT2D eigenvalue weighted by atomic mass is 16.5. The van der Waals surface area contributed by atoms with Gasteiger partial charge in [0.05, 0.1) is 11.9 Å². The molecule has 2 amide bonds. The van der Waals surface area contributed by atoms with Crippen LogP contribution in [0.25, 0.3) is 0 Å². The maximum atomic E-state index is 11.7. The van der Waals surface area contributed by atoms with Crippen molar-refractivity contribution in [2.45, 2.75) is 32.6 Å². The lowest BCUT2D eigenvalue weighted by Crippen LogP contribution is -2.30. The van der Waals surface area contributed by atoms with Crippen LogP contribution in [0.1, 0.15) is 38.2 Å². The number of rotatable bonds is 9. The Morgan fingerprint density at radius 1 is 1.20 bits per heavy atom. The molecule has 25 heavy (non-hydrogen) atoms. The van der Waals surface area contributed by atoms with E-state index in [9.17, 15) is 9.59 Å². The van der Waals surface area contributed by atoms with Crippen molar-refractivity contribution in [1.29, 1.82) is 0 Å². The second-order valence-electron chi connectivity index (χ2n) is 6.00. The Kier molecular flexibility index (Phi) is 7.00. The Labute approximate surface area is 147 Å². The van der Waals surface area contributed by atoms with E-state index in [1.165, 1.54) is 11.8 Å². The van der Waals surface area contributed by atoms with Crippen molar-refractivity contribution < 1.29 is 14.3 Å². The van der Waals surface area contributed by atoms with E-state index >= 15 is 0 Å². The topological polar surface area (TPSA) is 96.1 Å². The standard InChI is InChI=1S/C18H24N4O3/c1-13(2)14-5-7-16(8-6-14)25-12-18(24)19-9-3-4-17(23)22-15-10-20-21-11-15/h5-8,10-11,13H,3-4,9,12H2,1-2H3,(H,19,24)(H,20,21)(H,22,23). The second-order valence-corrected chi connectivity index (χ2v) is 6.00. The second kappa shape index (κ2) is 9.46. The van der Waals surface area contributed by atoms with Gasteiger partial charge in [0.1, 0.15) is 5.75 Å². The summed E-state index contributed by atoms with van der Waals surface area (Å²) < 4.78 is 5.45. The van der Waals surface area contributed by atoms with E-state index in [1.54, 1.807) is 6.20 Å². The van der Waals surface area contributed by atoms with Crippen LogP contribution in [0, 0.1) is 0 Å². The molecule has 0 fully saturated rings. The molecule has 1 aromatic carbocycles. The fourth-order valence-electron chi connectivity index (χ4n) is 2.17.